The van der Waals surface area contributed by atoms with Crippen LogP contribution in [0.2, 0.25) is 5.02 Å². The standard InChI is InChI=1S/C10H10ClFN2/c11-7-1-2-9-6(3-7)4-10(14-9)8(12)5-13/h1-4,8,14H,5,13H2. The Kier molecular flexibility index (Phi) is 2.44. The smallest absolute Gasteiger partial charge is 0.152 e. The molecule has 0 radical (unpaired) electrons. The molecule has 1 aromatic carbocycles. The molecular formula is C10H10ClFN2. The lowest BCUT2D eigenvalue weighted by atomic mass is 10.2. The molecule has 0 aliphatic heterocycles. The van der Waals surface area contributed by atoms with E-state index < -0.39 is 6.17 Å². The highest BCUT2D eigenvalue weighted by Crippen LogP contribution is 2.24. The molecule has 0 spiro atoms. The van der Waals surface area contributed by atoms with Gasteiger partial charge in [0.15, 0.2) is 6.17 Å². The van der Waals surface area contributed by atoms with Crippen molar-refractivity contribution in [3.8, 4) is 0 Å². The van der Waals surface area contributed by atoms with E-state index in [0.717, 1.165) is 10.9 Å². The van der Waals surface area contributed by atoms with Crippen molar-refractivity contribution in [3.05, 3.63) is 35.0 Å². The van der Waals surface area contributed by atoms with Crippen molar-refractivity contribution >= 4 is 22.5 Å². The van der Waals surface area contributed by atoms with E-state index in [-0.39, 0.29) is 6.54 Å². The maximum Gasteiger partial charge on any atom is 0.152 e. The van der Waals surface area contributed by atoms with Gasteiger partial charge in [-0.15, -0.1) is 0 Å². The summed E-state index contributed by atoms with van der Waals surface area (Å²) in [4.78, 5) is 2.96. The lowest BCUT2D eigenvalue weighted by molar-refractivity contribution is 0.346. The van der Waals surface area contributed by atoms with Gasteiger partial charge in [0.25, 0.3) is 0 Å². The molecule has 2 aromatic rings. The average Bonchev–Trinajstić information content (AvgIpc) is 2.59. The zero-order valence-corrected chi connectivity index (χ0v) is 8.18. The summed E-state index contributed by atoms with van der Waals surface area (Å²) in [5.41, 5.74) is 6.61. The molecule has 0 saturated carbocycles. The van der Waals surface area contributed by atoms with Gasteiger partial charge in [0.05, 0.1) is 5.69 Å². The van der Waals surface area contributed by atoms with Crippen LogP contribution in [0.3, 0.4) is 0 Å². The number of aromatic nitrogens is 1. The van der Waals surface area contributed by atoms with E-state index in [4.69, 9.17) is 17.3 Å². The number of fused-ring (bicyclic) bond motifs is 1. The Morgan fingerprint density at radius 3 is 2.93 bits per heavy atom. The topological polar surface area (TPSA) is 41.8 Å². The van der Waals surface area contributed by atoms with Crippen LogP contribution in [-0.2, 0) is 0 Å². The Hall–Kier alpha value is -1.06. The van der Waals surface area contributed by atoms with E-state index in [2.05, 4.69) is 4.98 Å². The van der Waals surface area contributed by atoms with Crippen LogP contribution in [0.15, 0.2) is 24.3 Å². The summed E-state index contributed by atoms with van der Waals surface area (Å²) < 4.78 is 13.2. The van der Waals surface area contributed by atoms with Crippen LogP contribution in [0, 0.1) is 0 Å². The minimum absolute atomic E-state index is 0.0133. The zero-order valence-electron chi connectivity index (χ0n) is 7.43. The Morgan fingerprint density at radius 1 is 1.43 bits per heavy atom. The molecule has 0 amide bonds. The summed E-state index contributed by atoms with van der Waals surface area (Å²) in [7, 11) is 0. The maximum absolute atomic E-state index is 13.2. The Balaban J connectivity index is 2.51. The molecule has 1 heterocycles. The third-order valence-corrected chi connectivity index (χ3v) is 2.38. The quantitative estimate of drug-likeness (QED) is 0.790. The molecule has 2 nitrogen and oxygen atoms in total. The maximum atomic E-state index is 13.2. The van der Waals surface area contributed by atoms with Crippen LogP contribution in [0.25, 0.3) is 10.9 Å². The van der Waals surface area contributed by atoms with Gasteiger partial charge in [-0.2, -0.15) is 0 Å². The van der Waals surface area contributed by atoms with Crippen molar-refractivity contribution < 1.29 is 4.39 Å². The lowest BCUT2D eigenvalue weighted by Gasteiger charge is -1.99. The molecule has 14 heavy (non-hydrogen) atoms. The number of hydrogen-bond donors (Lipinski definition) is 2. The molecule has 1 atom stereocenters. The van der Waals surface area contributed by atoms with Gasteiger partial charge in [-0.05, 0) is 24.3 Å². The third-order valence-electron chi connectivity index (χ3n) is 2.15. The van der Waals surface area contributed by atoms with Crippen molar-refractivity contribution in [2.24, 2.45) is 5.73 Å². The number of hydrogen-bond acceptors (Lipinski definition) is 1. The van der Waals surface area contributed by atoms with Crippen molar-refractivity contribution in [1.82, 2.24) is 4.98 Å². The first-order chi connectivity index (χ1) is 6.70. The molecular weight excluding hydrogens is 203 g/mol. The second kappa shape index (κ2) is 3.59. The molecule has 0 fully saturated rings. The van der Waals surface area contributed by atoms with Crippen molar-refractivity contribution in [1.29, 1.82) is 0 Å². The third kappa shape index (κ3) is 1.61. The number of aromatic amines is 1. The minimum Gasteiger partial charge on any atom is -0.356 e. The highest BCUT2D eigenvalue weighted by Gasteiger charge is 2.10. The highest BCUT2D eigenvalue weighted by atomic mass is 35.5. The van der Waals surface area contributed by atoms with E-state index in [1.54, 1.807) is 18.2 Å². The molecule has 3 N–H and O–H groups in total. The zero-order chi connectivity index (χ0) is 10.1. The first-order valence-corrected chi connectivity index (χ1v) is 4.71. The molecule has 0 aliphatic carbocycles. The van der Waals surface area contributed by atoms with Crippen molar-refractivity contribution in [2.75, 3.05) is 6.54 Å². The van der Waals surface area contributed by atoms with Gasteiger partial charge in [0.1, 0.15) is 0 Å². The van der Waals surface area contributed by atoms with Crippen LogP contribution < -0.4 is 5.73 Å². The van der Waals surface area contributed by atoms with E-state index in [1.165, 1.54) is 0 Å². The number of nitrogens with two attached hydrogens (primary N) is 1. The number of alkyl halides is 1. The molecule has 0 aliphatic rings. The number of H-pyrrole nitrogens is 1. The fourth-order valence-electron chi connectivity index (χ4n) is 1.42. The first-order valence-electron chi connectivity index (χ1n) is 4.33. The Morgan fingerprint density at radius 2 is 2.21 bits per heavy atom. The van der Waals surface area contributed by atoms with Crippen LogP contribution in [0.4, 0.5) is 4.39 Å². The first kappa shape index (κ1) is 9.49. The van der Waals surface area contributed by atoms with Gasteiger partial charge in [0, 0.05) is 22.5 Å². The lowest BCUT2D eigenvalue weighted by Crippen LogP contribution is -2.07. The van der Waals surface area contributed by atoms with E-state index in [1.807, 2.05) is 6.07 Å². The van der Waals surface area contributed by atoms with Crippen LogP contribution in [0.5, 0.6) is 0 Å². The molecule has 2 rings (SSSR count). The molecule has 1 aromatic heterocycles. The van der Waals surface area contributed by atoms with Crippen molar-refractivity contribution in [3.63, 3.8) is 0 Å². The van der Waals surface area contributed by atoms with Gasteiger partial charge >= 0.3 is 0 Å². The predicted molar refractivity (Wildman–Crippen MR) is 56.2 cm³/mol. The fraction of sp³-hybridized carbons (Fsp3) is 0.200. The summed E-state index contributed by atoms with van der Waals surface area (Å²) in [6.07, 6.45) is -1.14. The Bertz CT molecular complexity index is 452. The van der Waals surface area contributed by atoms with Crippen LogP contribution in [-0.4, -0.2) is 11.5 Å². The normalized spacial score (nSPS) is 13.4. The number of rotatable bonds is 2. The second-order valence-electron chi connectivity index (χ2n) is 3.16. The van der Waals surface area contributed by atoms with Crippen LogP contribution in [0.1, 0.15) is 11.9 Å². The monoisotopic (exact) mass is 212 g/mol. The summed E-state index contributed by atoms with van der Waals surface area (Å²) in [5.74, 6) is 0. The van der Waals surface area contributed by atoms with Gasteiger partial charge < -0.3 is 10.7 Å². The molecule has 1 unspecified atom stereocenters. The SMILES string of the molecule is NCC(F)c1cc2cc(Cl)ccc2[nH]1. The second-order valence-corrected chi connectivity index (χ2v) is 3.60. The number of benzene rings is 1. The highest BCUT2D eigenvalue weighted by molar-refractivity contribution is 6.31. The van der Waals surface area contributed by atoms with Crippen molar-refractivity contribution in [2.45, 2.75) is 6.17 Å². The molecule has 0 saturated heterocycles. The summed E-state index contributed by atoms with van der Waals surface area (Å²) in [5, 5.41) is 1.55. The van der Waals surface area contributed by atoms with E-state index in [0.29, 0.717) is 10.7 Å². The van der Waals surface area contributed by atoms with Crippen LogP contribution >= 0.6 is 11.6 Å². The van der Waals surface area contributed by atoms with Gasteiger partial charge in [-0.25, -0.2) is 4.39 Å². The predicted octanol–water partition coefficient (Wildman–Crippen LogP) is 2.79. The van der Waals surface area contributed by atoms with Gasteiger partial charge in [-0.1, -0.05) is 11.6 Å². The summed E-state index contributed by atoms with van der Waals surface area (Å²) in [6.45, 7) is -0.0133. The average molecular weight is 213 g/mol. The molecule has 4 heteroatoms. The molecule has 0 bridgehead atoms. The number of nitrogens with one attached hydrogen (secondary N) is 1. The van der Waals surface area contributed by atoms with Gasteiger partial charge in [0.2, 0.25) is 0 Å². The summed E-state index contributed by atoms with van der Waals surface area (Å²) >= 11 is 5.81. The Labute approximate surface area is 85.9 Å². The van der Waals surface area contributed by atoms with Gasteiger partial charge in [-0.3, -0.25) is 0 Å². The van der Waals surface area contributed by atoms with E-state index in [9.17, 15) is 4.39 Å². The summed E-state index contributed by atoms with van der Waals surface area (Å²) in [6, 6.07) is 7.11. The largest absolute Gasteiger partial charge is 0.356 e. The number of halogens is 2. The fourth-order valence-corrected chi connectivity index (χ4v) is 1.60. The molecule has 74 valence electrons. The van der Waals surface area contributed by atoms with E-state index >= 15 is 0 Å². The minimum atomic E-state index is -1.14.